The minimum absolute atomic E-state index is 0.0371. The number of likely N-dealkylation sites (N-methyl/N-ethyl adjacent to an activating group) is 1. The fraction of sp³-hybridized carbons (Fsp3) is 0.476. The third-order valence-electron chi connectivity index (χ3n) is 5.47. The summed E-state index contributed by atoms with van der Waals surface area (Å²) < 4.78 is 7.41. The highest BCUT2D eigenvalue weighted by atomic mass is 16.3. The molecule has 28 heavy (non-hydrogen) atoms. The van der Waals surface area contributed by atoms with Crippen molar-refractivity contribution in [2.45, 2.75) is 38.8 Å². The van der Waals surface area contributed by atoms with Gasteiger partial charge in [0.2, 0.25) is 0 Å². The van der Waals surface area contributed by atoms with Crippen LogP contribution in [0.5, 0.6) is 0 Å². The lowest BCUT2D eigenvalue weighted by atomic mass is 10.0. The van der Waals surface area contributed by atoms with E-state index < -0.39 is 0 Å². The molecule has 0 N–H and O–H groups in total. The van der Waals surface area contributed by atoms with Gasteiger partial charge in [-0.05, 0) is 59.0 Å². The van der Waals surface area contributed by atoms with Crippen molar-refractivity contribution in [1.29, 1.82) is 0 Å². The molecule has 4 heterocycles. The van der Waals surface area contributed by atoms with E-state index >= 15 is 0 Å². The molecule has 1 aliphatic heterocycles. The standard InChI is InChI=1S/C21H27N5O2/c1-14(2)26-20-17(12-22-26)16(11-18(23-20)19-8-6-10-28-19)21(27)25-9-5-7-15(13-25)24(3)4/h6,8,10-12,14-15H,5,7,9,13H2,1-4H3/t15-/m1/s1. The Bertz CT molecular complexity index is 974. The van der Waals surface area contributed by atoms with Gasteiger partial charge in [0.05, 0.1) is 23.4 Å². The largest absolute Gasteiger partial charge is 0.463 e. The second kappa shape index (κ2) is 7.39. The number of carbonyl (C=O) groups excluding carboxylic acids is 1. The van der Waals surface area contributed by atoms with Crippen LogP contribution in [0.4, 0.5) is 0 Å². The molecule has 0 bridgehead atoms. The molecular formula is C21H27N5O2. The number of amides is 1. The Morgan fingerprint density at radius 2 is 2.18 bits per heavy atom. The molecule has 0 saturated carbocycles. The van der Waals surface area contributed by atoms with E-state index in [1.54, 1.807) is 12.5 Å². The number of furan rings is 1. The molecule has 0 aliphatic carbocycles. The van der Waals surface area contributed by atoms with Crippen LogP contribution >= 0.6 is 0 Å². The minimum atomic E-state index is 0.0371. The summed E-state index contributed by atoms with van der Waals surface area (Å²) in [6, 6.07) is 6.07. The predicted molar refractivity (Wildman–Crippen MR) is 108 cm³/mol. The van der Waals surface area contributed by atoms with Crippen molar-refractivity contribution in [3.63, 3.8) is 0 Å². The zero-order valence-electron chi connectivity index (χ0n) is 16.9. The molecule has 1 amide bonds. The number of hydrogen-bond acceptors (Lipinski definition) is 5. The first-order chi connectivity index (χ1) is 13.5. The Balaban J connectivity index is 1.80. The minimum Gasteiger partial charge on any atom is -0.463 e. The van der Waals surface area contributed by atoms with Crippen molar-refractivity contribution in [3.8, 4) is 11.5 Å². The zero-order valence-corrected chi connectivity index (χ0v) is 16.9. The van der Waals surface area contributed by atoms with E-state index in [1.165, 1.54) is 0 Å². The molecule has 4 rings (SSSR count). The Morgan fingerprint density at radius 1 is 1.36 bits per heavy atom. The summed E-state index contributed by atoms with van der Waals surface area (Å²) in [4.78, 5) is 22.4. The van der Waals surface area contributed by atoms with E-state index in [2.05, 4.69) is 37.9 Å². The summed E-state index contributed by atoms with van der Waals surface area (Å²) >= 11 is 0. The summed E-state index contributed by atoms with van der Waals surface area (Å²) in [5.74, 6) is 0.687. The topological polar surface area (TPSA) is 67.4 Å². The van der Waals surface area contributed by atoms with Gasteiger partial charge in [-0.25, -0.2) is 9.67 Å². The lowest BCUT2D eigenvalue weighted by Gasteiger charge is -2.36. The van der Waals surface area contributed by atoms with Gasteiger partial charge in [-0.3, -0.25) is 4.79 Å². The van der Waals surface area contributed by atoms with Crippen LogP contribution in [0.2, 0.25) is 0 Å². The van der Waals surface area contributed by atoms with Crippen molar-refractivity contribution in [1.82, 2.24) is 24.6 Å². The monoisotopic (exact) mass is 381 g/mol. The summed E-state index contributed by atoms with van der Waals surface area (Å²) in [5.41, 5.74) is 2.01. The second-order valence-corrected chi connectivity index (χ2v) is 7.96. The van der Waals surface area contributed by atoms with Gasteiger partial charge in [0, 0.05) is 25.2 Å². The van der Waals surface area contributed by atoms with Crippen molar-refractivity contribution in [2.24, 2.45) is 0 Å². The van der Waals surface area contributed by atoms with Crippen molar-refractivity contribution < 1.29 is 9.21 Å². The predicted octanol–water partition coefficient (Wildman–Crippen LogP) is 3.44. The first-order valence-corrected chi connectivity index (χ1v) is 9.83. The van der Waals surface area contributed by atoms with E-state index in [9.17, 15) is 4.79 Å². The number of fused-ring (bicyclic) bond motifs is 1. The van der Waals surface area contributed by atoms with E-state index in [1.807, 2.05) is 27.8 Å². The van der Waals surface area contributed by atoms with Gasteiger partial charge < -0.3 is 14.2 Å². The average Bonchev–Trinajstić information content (AvgIpc) is 3.36. The number of piperidine rings is 1. The summed E-state index contributed by atoms with van der Waals surface area (Å²) in [7, 11) is 4.15. The molecule has 148 valence electrons. The summed E-state index contributed by atoms with van der Waals surface area (Å²) in [5, 5.41) is 5.29. The Hall–Kier alpha value is -2.67. The first kappa shape index (κ1) is 18.7. The van der Waals surface area contributed by atoms with E-state index in [0.29, 0.717) is 28.7 Å². The van der Waals surface area contributed by atoms with Gasteiger partial charge in [0.1, 0.15) is 5.69 Å². The van der Waals surface area contributed by atoms with Gasteiger partial charge in [0.25, 0.3) is 5.91 Å². The van der Waals surface area contributed by atoms with Gasteiger partial charge in [-0.1, -0.05) is 0 Å². The maximum absolute atomic E-state index is 13.5. The van der Waals surface area contributed by atoms with Crippen LogP contribution in [0.3, 0.4) is 0 Å². The van der Waals surface area contributed by atoms with Crippen molar-refractivity contribution >= 4 is 16.9 Å². The zero-order chi connectivity index (χ0) is 19.8. The molecule has 1 atom stereocenters. The molecule has 7 nitrogen and oxygen atoms in total. The lowest BCUT2D eigenvalue weighted by Crippen LogP contribution is -2.47. The lowest BCUT2D eigenvalue weighted by molar-refractivity contribution is 0.0637. The van der Waals surface area contributed by atoms with Crippen LogP contribution in [-0.2, 0) is 0 Å². The molecule has 3 aromatic heterocycles. The third kappa shape index (κ3) is 3.30. The maximum atomic E-state index is 13.5. The van der Waals surface area contributed by atoms with Crippen LogP contribution in [0.15, 0.2) is 35.1 Å². The number of rotatable bonds is 4. The van der Waals surface area contributed by atoms with Crippen molar-refractivity contribution in [2.75, 3.05) is 27.2 Å². The molecule has 1 aliphatic rings. The Morgan fingerprint density at radius 3 is 2.86 bits per heavy atom. The Labute approximate surface area is 164 Å². The average molecular weight is 381 g/mol. The maximum Gasteiger partial charge on any atom is 0.254 e. The fourth-order valence-electron chi connectivity index (χ4n) is 3.85. The van der Waals surface area contributed by atoms with Crippen LogP contribution in [0.1, 0.15) is 43.1 Å². The van der Waals surface area contributed by atoms with Crippen LogP contribution < -0.4 is 0 Å². The van der Waals surface area contributed by atoms with E-state index in [4.69, 9.17) is 9.40 Å². The molecule has 3 aromatic rings. The quantitative estimate of drug-likeness (QED) is 0.693. The molecule has 0 aromatic carbocycles. The van der Waals surface area contributed by atoms with Gasteiger partial charge in [-0.15, -0.1) is 0 Å². The summed E-state index contributed by atoms with van der Waals surface area (Å²) in [6.45, 7) is 5.63. The molecule has 7 heteroatoms. The molecule has 1 fully saturated rings. The number of pyridine rings is 1. The van der Waals surface area contributed by atoms with E-state index in [-0.39, 0.29) is 11.9 Å². The second-order valence-electron chi connectivity index (χ2n) is 7.96. The first-order valence-electron chi connectivity index (χ1n) is 9.83. The van der Waals surface area contributed by atoms with Gasteiger partial charge in [0.15, 0.2) is 11.4 Å². The fourth-order valence-corrected chi connectivity index (χ4v) is 3.85. The normalized spacial score (nSPS) is 17.8. The van der Waals surface area contributed by atoms with Crippen molar-refractivity contribution in [3.05, 3.63) is 36.2 Å². The van der Waals surface area contributed by atoms with Crippen LogP contribution in [0, 0.1) is 0 Å². The third-order valence-corrected chi connectivity index (χ3v) is 5.47. The molecule has 0 radical (unpaired) electrons. The smallest absolute Gasteiger partial charge is 0.254 e. The van der Waals surface area contributed by atoms with E-state index in [0.717, 1.165) is 31.3 Å². The number of nitrogens with zero attached hydrogens (tertiary/aromatic N) is 5. The van der Waals surface area contributed by atoms with Crippen LogP contribution in [0.25, 0.3) is 22.5 Å². The van der Waals surface area contributed by atoms with Crippen LogP contribution in [-0.4, -0.2) is 63.7 Å². The highest BCUT2D eigenvalue weighted by Gasteiger charge is 2.28. The molecule has 1 saturated heterocycles. The van der Waals surface area contributed by atoms with Gasteiger partial charge >= 0.3 is 0 Å². The molecule has 0 spiro atoms. The molecule has 0 unspecified atom stereocenters. The number of likely N-dealkylation sites (tertiary alicyclic amines) is 1. The van der Waals surface area contributed by atoms with Gasteiger partial charge in [-0.2, -0.15) is 5.10 Å². The highest BCUT2D eigenvalue weighted by molar-refractivity contribution is 6.06. The Kier molecular flexibility index (Phi) is 4.93. The number of carbonyl (C=O) groups is 1. The highest BCUT2D eigenvalue weighted by Crippen LogP contribution is 2.28. The number of hydrogen-bond donors (Lipinski definition) is 0. The summed E-state index contributed by atoms with van der Waals surface area (Å²) in [6.07, 6.45) is 5.51. The molecular weight excluding hydrogens is 354 g/mol. The number of aromatic nitrogens is 3. The SMILES string of the molecule is CC(C)n1ncc2c(C(=O)N3CCC[C@@H](N(C)C)C3)cc(-c3ccco3)nc21.